The number of hydrogen-bond donors (Lipinski definition) is 2. The van der Waals surface area contributed by atoms with Crippen LogP contribution in [0.15, 0.2) is 18.2 Å². The predicted molar refractivity (Wildman–Crippen MR) is 116 cm³/mol. The second-order valence-electron chi connectivity index (χ2n) is 10.3. The van der Waals surface area contributed by atoms with Crippen LogP contribution >= 0.6 is 0 Å². The zero-order valence-electron chi connectivity index (χ0n) is 19.2. The lowest BCUT2D eigenvalue weighted by Crippen LogP contribution is -2.51. The molecule has 1 fully saturated rings. The van der Waals surface area contributed by atoms with Crippen molar-refractivity contribution in [2.24, 2.45) is 0 Å². The molecule has 0 bridgehead atoms. The van der Waals surface area contributed by atoms with Crippen molar-refractivity contribution in [1.82, 2.24) is 10.6 Å². The summed E-state index contributed by atoms with van der Waals surface area (Å²) < 4.78 is 17.8. The van der Waals surface area contributed by atoms with Crippen LogP contribution in [-0.4, -0.2) is 48.0 Å². The average molecular weight is 416 g/mol. The first-order chi connectivity index (χ1) is 13.7. The van der Waals surface area contributed by atoms with E-state index in [0.717, 1.165) is 11.0 Å². The monoisotopic (exact) mass is 416 g/mol. The molecule has 7 nitrogen and oxygen atoms in total. The Kier molecular flexibility index (Phi) is 5.71. The molecular formula is C22H33BN2O5. The Hall–Kier alpha value is -2.06. The molecule has 0 aliphatic carbocycles. The molecule has 2 unspecified atom stereocenters. The molecule has 1 aromatic carbocycles. The van der Waals surface area contributed by atoms with E-state index in [-0.39, 0.29) is 11.9 Å². The minimum Gasteiger partial charge on any atom is -0.444 e. The summed E-state index contributed by atoms with van der Waals surface area (Å²) in [6.45, 7) is 15.5. The van der Waals surface area contributed by atoms with Crippen LogP contribution in [0.25, 0.3) is 0 Å². The van der Waals surface area contributed by atoms with Crippen molar-refractivity contribution in [3.05, 3.63) is 29.3 Å². The maximum absolute atomic E-state index is 12.6. The predicted octanol–water partition coefficient (Wildman–Crippen LogP) is 2.55. The second kappa shape index (κ2) is 7.57. The van der Waals surface area contributed by atoms with Crippen LogP contribution in [-0.2, 0) is 20.5 Å². The molecule has 1 saturated heterocycles. The summed E-state index contributed by atoms with van der Waals surface area (Å²) in [7, 11) is -0.491. The van der Waals surface area contributed by atoms with Crippen molar-refractivity contribution in [1.29, 1.82) is 0 Å². The highest BCUT2D eigenvalue weighted by molar-refractivity contribution is 6.62. The molecule has 3 rings (SSSR count). The third kappa shape index (κ3) is 4.65. The van der Waals surface area contributed by atoms with Gasteiger partial charge in [-0.05, 0) is 78.9 Å². The van der Waals surface area contributed by atoms with E-state index < -0.39 is 36.1 Å². The minimum absolute atomic E-state index is 0.173. The smallest absolute Gasteiger partial charge is 0.444 e. The van der Waals surface area contributed by atoms with Gasteiger partial charge in [0.2, 0.25) is 0 Å². The van der Waals surface area contributed by atoms with Crippen LogP contribution in [0.5, 0.6) is 0 Å². The first kappa shape index (κ1) is 22.6. The molecule has 30 heavy (non-hydrogen) atoms. The normalized spacial score (nSPS) is 23.4. The van der Waals surface area contributed by atoms with Gasteiger partial charge in [0.05, 0.1) is 17.2 Å². The van der Waals surface area contributed by atoms with Crippen LogP contribution in [0.3, 0.4) is 0 Å². The molecule has 8 heteroatoms. The largest absolute Gasteiger partial charge is 0.494 e. The van der Waals surface area contributed by atoms with Gasteiger partial charge < -0.3 is 24.7 Å². The number of amides is 2. The van der Waals surface area contributed by atoms with E-state index in [1.807, 2.05) is 60.6 Å². The topological polar surface area (TPSA) is 85.9 Å². The van der Waals surface area contributed by atoms with Gasteiger partial charge in [-0.1, -0.05) is 12.1 Å². The van der Waals surface area contributed by atoms with Crippen molar-refractivity contribution < 1.29 is 23.6 Å². The van der Waals surface area contributed by atoms with Crippen molar-refractivity contribution in [3.63, 3.8) is 0 Å². The average Bonchev–Trinajstić information content (AvgIpc) is 2.80. The van der Waals surface area contributed by atoms with Crippen molar-refractivity contribution in [3.8, 4) is 0 Å². The van der Waals surface area contributed by atoms with Crippen LogP contribution < -0.4 is 16.1 Å². The zero-order chi connectivity index (χ0) is 22.5. The Balaban J connectivity index is 1.75. The van der Waals surface area contributed by atoms with E-state index >= 15 is 0 Å². The standard InChI is InChI=1S/C22H33BN2O5/c1-13(28-19(27)25-20(2,3)4)17-12-14-11-15(9-10-16(14)18(26)24-17)23-29-21(5,6)22(7,8)30-23/h9-11,13,17H,12H2,1-8H3,(H,24,26)(H,25,27). The molecule has 0 spiro atoms. The summed E-state index contributed by atoms with van der Waals surface area (Å²) >= 11 is 0. The van der Waals surface area contributed by atoms with Crippen LogP contribution in [0.1, 0.15) is 71.3 Å². The summed E-state index contributed by atoms with van der Waals surface area (Å²) in [6, 6.07) is 5.33. The third-order valence-electron chi connectivity index (χ3n) is 5.99. The molecule has 2 atom stereocenters. The molecule has 2 amide bonds. The third-order valence-corrected chi connectivity index (χ3v) is 5.99. The van der Waals surface area contributed by atoms with Gasteiger partial charge in [-0.15, -0.1) is 0 Å². The number of benzene rings is 1. The Morgan fingerprint density at radius 2 is 1.83 bits per heavy atom. The quantitative estimate of drug-likeness (QED) is 0.740. The van der Waals surface area contributed by atoms with Crippen molar-refractivity contribution >= 4 is 24.6 Å². The number of rotatable bonds is 3. The van der Waals surface area contributed by atoms with Gasteiger partial charge >= 0.3 is 13.2 Å². The molecular weight excluding hydrogens is 383 g/mol. The van der Waals surface area contributed by atoms with E-state index in [1.165, 1.54) is 0 Å². The van der Waals surface area contributed by atoms with Crippen molar-refractivity contribution in [2.45, 2.75) is 90.7 Å². The number of alkyl carbamates (subject to hydrolysis) is 1. The molecule has 2 aliphatic heterocycles. The Labute approximate surface area is 179 Å². The molecule has 0 saturated carbocycles. The van der Waals surface area contributed by atoms with Gasteiger partial charge in [0.1, 0.15) is 6.10 Å². The van der Waals surface area contributed by atoms with Crippen LogP contribution in [0.2, 0.25) is 0 Å². The highest BCUT2D eigenvalue weighted by Crippen LogP contribution is 2.36. The summed E-state index contributed by atoms with van der Waals surface area (Å²) in [5, 5.41) is 5.72. The molecule has 2 aliphatic rings. The number of carbonyl (C=O) groups is 2. The fourth-order valence-corrected chi connectivity index (χ4v) is 3.53. The van der Waals surface area contributed by atoms with Gasteiger partial charge in [-0.2, -0.15) is 0 Å². The zero-order valence-corrected chi connectivity index (χ0v) is 19.2. The lowest BCUT2D eigenvalue weighted by atomic mass is 9.76. The summed E-state index contributed by atoms with van der Waals surface area (Å²) in [5.41, 5.74) is 1.13. The summed E-state index contributed by atoms with van der Waals surface area (Å²) in [4.78, 5) is 24.7. The van der Waals surface area contributed by atoms with E-state index in [9.17, 15) is 9.59 Å². The van der Waals surface area contributed by atoms with Gasteiger partial charge in [0.25, 0.3) is 5.91 Å². The van der Waals surface area contributed by atoms with E-state index in [1.54, 1.807) is 13.0 Å². The summed E-state index contributed by atoms with van der Waals surface area (Å²) in [6.07, 6.45) is -0.427. The molecule has 0 aromatic heterocycles. The highest BCUT2D eigenvalue weighted by atomic mass is 16.7. The molecule has 2 heterocycles. The minimum atomic E-state index is -0.499. The fourth-order valence-electron chi connectivity index (χ4n) is 3.53. The number of ether oxygens (including phenoxy) is 1. The lowest BCUT2D eigenvalue weighted by molar-refractivity contribution is 0.00578. The van der Waals surface area contributed by atoms with E-state index in [0.29, 0.717) is 12.0 Å². The second-order valence-corrected chi connectivity index (χ2v) is 10.3. The van der Waals surface area contributed by atoms with Gasteiger partial charge in [0.15, 0.2) is 0 Å². The first-order valence-corrected chi connectivity index (χ1v) is 10.5. The van der Waals surface area contributed by atoms with Gasteiger partial charge in [-0.3, -0.25) is 4.79 Å². The molecule has 1 aromatic rings. The highest BCUT2D eigenvalue weighted by Gasteiger charge is 2.51. The van der Waals surface area contributed by atoms with Crippen molar-refractivity contribution in [2.75, 3.05) is 0 Å². The molecule has 2 N–H and O–H groups in total. The van der Waals surface area contributed by atoms with E-state index in [4.69, 9.17) is 14.0 Å². The summed E-state index contributed by atoms with van der Waals surface area (Å²) in [5.74, 6) is -0.173. The number of hydrogen-bond acceptors (Lipinski definition) is 5. The Bertz CT molecular complexity index is 830. The Morgan fingerprint density at radius 1 is 1.23 bits per heavy atom. The van der Waals surface area contributed by atoms with Gasteiger partial charge in [0, 0.05) is 11.1 Å². The SMILES string of the molecule is CC(OC(=O)NC(C)(C)C)C1Cc2cc(B3OC(C)(C)C(C)(C)O3)ccc2C(=O)N1. The molecule has 164 valence electrons. The Morgan fingerprint density at radius 3 is 2.40 bits per heavy atom. The van der Waals surface area contributed by atoms with Crippen LogP contribution in [0, 0.1) is 0 Å². The molecule has 0 radical (unpaired) electrons. The van der Waals surface area contributed by atoms with Gasteiger partial charge in [-0.25, -0.2) is 4.79 Å². The lowest BCUT2D eigenvalue weighted by Gasteiger charge is -2.32. The number of carbonyl (C=O) groups excluding carboxylic acids is 2. The van der Waals surface area contributed by atoms with Crippen LogP contribution in [0.4, 0.5) is 4.79 Å². The first-order valence-electron chi connectivity index (χ1n) is 10.5. The maximum Gasteiger partial charge on any atom is 0.494 e. The maximum atomic E-state index is 12.6. The number of nitrogens with one attached hydrogen (secondary N) is 2. The van der Waals surface area contributed by atoms with E-state index in [2.05, 4.69) is 10.6 Å². The number of fused-ring (bicyclic) bond motifs is 1. The fraction of sp³-hybridized carbons (Fsp3) is 0.636.